The molecular weight excluding hydrogens is 425 g/mol. The van der Waals surface area contributed by atoms with Crippen LogP contribution in [0.15, 0.2) is 53.5 Å². The van der Waals surface area contributed by atoms with Gasteiger partial charge in [0.05, 0.1) is 13.2 Å². The maximum absolute atomic E-state index is 6.02. The smallest absolute Gasteiger partial charge is 0.193 e. The fourth-order valence-corrected chi connectivity index (χ4v) is 2.68. The van der Waals surface area contributed by atoms with Crippen LogP contribution < -0.4 is 15.8 Å². The lowest BCUT2D eigenvalue weighted by Crippen LogP contribution is -2.23. The van der Waals surface area contributed by atoms with Crippen LogP contribution in [-0.4, -0.2) is 19.1 Å². The van der Waals surface area contributed by atoms with Gasteiger partial charge in [-0.3, -0.25) is 0 Å². The predicted molar refractivity (Wildman–Crippen MR) is 106 cm³/mol. The fourth-order valence-electron chi connectivity index (χ4n) is 2.48. The van der Waals surface area contributed by atoms with E-state index < -0.39 is 0 Å². The van der Waals surface area contributed by atoms with Gasteiger partial charge in [0.1, 0.15) is 5.75 Å². The van der Waals surface area contributed by atoms with E-state index in [0.29, 0.717) is 11.9 Å². The summed E-state index contributed by atoms with van der Waals surface area (Å²) in [5.74, 6) is 1.60. The van der Waals surface area contributed by atoms with E-state index in [1.54, 1.807) is 7.11 Å². The van der Waals surface area contributed by atoms with Crippen molar-refractivity contribution in [3.05, 3.63) is 59.1 Å². The van der Waals surface area contributed by atoms with E-state index >= 15 is 0 Å². The molecule has 2 aromatic carbocycles. The summed E-state index contributed by atoms with van der Waals surface area (Å²) >= 11 is 6.02. The summed E-state index contributed by atoms with van der Waals surface area (Å²) in [4.78, 5) is 4.53. The lowest BCUT2D eigenvalue weighted by Gasteiger charge is -2.07. The third-order valence-electron chi connectivity index (χ3n) is 3.68. The second-order valence-electron chi connectivity index (χ2n) is 5.34. The molecule has 1 fully saturated rings. The highest BCUT2D eigenvalue weighted by atomic mass is 127. The molecule has 0 saturated heterocycles. The maximum atomic E-state index is 6.02. The minimum atomic E-state index is 0. The Hall–Kier alpha value is -1.47. The number of halogens is 2. The van der Waals surface area contributed by atoms with Crippen molar-refractivity contribution >= 4 is 47.2 Å². The van der Waals surface area contributed by atoms with E-state index in [4.69, 9.17) is 22.1 Å². The Morgan fingerprint density at radius 1 is 1.26 bits per heavy atom. The number of ether oxygens (including phenoxy) is 1. The van der Waals surface area contributed by atoms with Crippen LogP contribution >= 0.6 is 35.6 Å². The molecule has 0 heterocycles. The molecule has 6 heteroatoms. The standard InChI is InChI=1S/C17H18ClN3O.HI/c1-22-14-7-3-6-13(9-14)20-17(19)21-16-10-15(16)11-4-2-5-12(18)8-11;/h2-9,15-16H,10H2,1H3,(H3,19,20,21);1H. The number of aliphatic imine (C=N–C) groups is 1. The van der Waals surface area contributed by atoms with Crippen LogP contribution in [0.5, 0.6) is 5.75 Å². The van der Waals surface area contributed by atoms with Gasteiger partial charge in [-0.15, -0.1) is 24.0 Å². The first-order valence-electron chi connectivity index (χ1n) is 7.15. The lowest BCUT2D eigenvalue weighted by molar-refractivity contribution is 0.415. The Kier molecular flexibility index (Phi) is 6.12. The van der Waals surface area contributed by atoms with E-state index in [1.807, 2.05) is 42.5 Å². The third-order valence-corrected chi connectivity index (χ3v) is 3.92. The van der Waals surface area contributed by atoms with Gasteiger partial charge in [-0.2, -0.15) is 0 Å². The van der Waals surface area contributed by atoms with Gasteiger partial charge in [-0.1, -0.05) is 29.8 Å². The van der Waals surface area contributed by atoms with Gasteiger partial charge in [0.25, 0.3) is 0 Å². The van der Waals surface area contributed by atoms with E-state index in [2.05, 4.69) is 16.4 Å². The number of hydrogen-bond donors (Lipinski definition) is 2. The van der Waals surface area contributed by atoms with Gasteiger partial charge in [-0.25, -0.2) is 4.99 Å². The first-order valence-corrected chi connectivity index (χ1v) is 7.53. The second kappa shape index (κ2) is 7.88. The summed E-state index contributed by atoms with van der Waals surface area (Å²) in [5.41, 5.74) is 8.06. The Bertz CT molecular complexity index is 708. The first-order chi connectivity index (χ1) is 10.7. The zero-order chi connectivity index (χ0) is 15.5. The third kappa shape index (κ3) is 4.75. The molecule has 2 aromatic rings. The van der Waals surface area contributed by atoms with Gasteiger partial charge < -0.3 is 15.8 Å². The molecule has 0 bridgehead atoms. The number of nitrogens with one attached hydrogen (secondary N) is 1. The summed E-state index contributed by atoms with van der Waals surface area (Å²) in [6.45, 7) is 0. The van der Waals surface area contributed by atoms with Crippen molar-refractivity contribution in [3.63, 3.8) is 0 Å². The number of nitrogens with zero attached hydrogens (tertiary/aromatic N) is 1. The van der Waals surface area contributed by atoms with Gasteiger partial charge in [-0.05, 0) is 36.2 Å². The largest absolute Gasteiger partial charge is 0.497 e. The SMILES string of the molecule is COc1cccc(NC(N)=NC2CC2c2cccc(Cl)c2)c1.I. The van der Waals surface area contributed by atoms with Crippen LogP contribution in [0, 0.1) is 0 Å². The topological polar surface area (TPSA) is 59.6 Å². The molecule has 23 heavy (non-hydrogen) atoms. The first kappa shape index (κ1) is 17.9. The van der Waals surface area contributed by atoms with Gasteiger partial charge in [0, 0.05) is 22.7 Å². The van der Waals surface area contributed by atoms with Crippen LogP contribution in [0.2, 0.25) is 5.02 Å². The highest BCUT2D eigenvalue weighted by Gasteiger charge is 2.38. The number of rotatable bonds is 4. The average molecular weight is 444 g/mol. The molecule has 4 nitrogen and oxygen atoms in total. The van der Waals surface area contributed by atoms with Crippen LogP contribution in [0.25, 0.3) is 0 Å². The number of nitrogens with two attached hydrogens (primary N) is 1. The quantitative estimate of drug-likeness (QED) is 0.422. The Balaban J connectivity index is 0.00000192. The van der Waals surface area contributed by atoms with E-state index in [0.717, 1.165) is 22.9 Å². The lowest BCUT2D eigenvalue weighted by atomic mass is 10.1. The molecule has 1 aliphatic rings. The Labute approximate surface area is 158 Å². The number of hydrogen-bond acceptors (Lipinski definition) is 2. The summed E-state index contributed by atoms with van der Waals surface area (Å²) < 4.78 is 5.18. The van der Waals surface area contributed by atoms with Crippen molar-refractivity contribution in [2.75, 3.05) is 12.4 Å². The molecule has 0 radical (unpaired) electrons. The van der Waals surface area contributed by atoms with Crippen molar-refractivity contribution in [1.29, 1.82) is 0 Å². The van der Waals surface area contributed by atoms with Crippen molar-refractivity contribution in [2.45, 2.75) is 18.4 Å². The number of guanidine groups is 1. The zero-order valence-electron chi connectivity index (χ0n) is 12.7. The van der Waals surface area contributed by atoms with Gasteiger partial charge >= 0.3 is 0 Å². The minimum Gasteiger partial charge on any atom is -0.497 e. The fraction of sp³-hybridized carbons (Fsp3) is 0.235. The Morgan fingerprint density at radius 3 is 2.78 bits per heavy atom. The van der Waals surface area contributed by atoms with Crippen molar-refractivity contribution in [2.24, 2.45) is 10.7 Å². The van der Waals surface area contributed by atoms with Crippen molar-refractivity contribution in [1.82, 2.24) is 0 Å². The van der Waals surface area contributed by atoms with Crippen molar-refractivity contribution < 1.29 is 4.74 Å². The maximum Gasteiger partial charge on any atom is 0.193 e. The van der Waals surface area contributed by atoms with E-state index in [9.17, 15) is 0 Å². The highest BCUT2D eigenvalue weighted by Crippen LogP contribution is 2.44. The summed E-state index contributed by atoms with van der Waals surface area (Å²) in [7, 11) is 1.64. The molecule has 1 aliphatic carbocycles. The normalized spacial score (nSPS) is 19.7. The van der Waals surface area contributed by atoms with Crippen LogP contribution in [-0.2, 0) is 0 Å². The molecule has 0 aliphatic heterocycles. The zero-order valence-corrected chi connectivity index (χ0v) is 15.8. The van der Waals surface area contributed by atoms with Crippen LogP contribution in [0.4, 0.5) is 5.69 Å². The molecule has 0 amide bonds. The molecule has 3 rings (SSSR count). The summed E-state index contributed by atoms with van der Waals surface area (Å²) in [5, 5.41) is 3.85. The van der Waals surface area contributed by atoms with E-state index in [1.165, 1.54) is 5.56 Å². The molecule has 1 saturated carbocycles. The number of anilines is 1. The second-order valence-corrected chi connectivity index (χ2v) is 5.77. The van der Waals surface area contributed by atoms with Crippen LogP contribution in [0.3, 0.4) is 0 Å². The minimum absolute atomic E-state index is 0. The van der Waals surface area contributed by atoms with Gasteiger partial charge in [0.15, 0.2) is 5.96 Å². The van der Waals surface area contributed by atoms with Gasteiger partial charge in [0.2, 0.25) is 0 Å². The van der Waals surface area contributed by atoms with Crippen LogP contribution in [0.1, 0.15) is 17.9 Å². The molecule has 2 unspecified atom stereocenters. The molecule has 2 atom stereocenters. The van der Waals surface area contributed by atoms with Crippen molar-refractivity contribution in [3.8, 4) is 5.75 Å². The molecule has 0 aromatic heterocycles. The predicted octanol–water partition coefficient (Wildman–Crippen LogP) is 4.25. The number of methoxy groups -OCH3 is 1. The summed E-state index contributed by atoms with van der Waals surface area (Å²) in [6, 6.07) is 15.7. The monoisotopic (exact) mass is 443 g/mol. The molecule has 0 spiro atoms. The summed E-state index contributed by atoms with van der Waals surface area (Å²) in [6.07, 6.45) is 1.00. The molecule has 122 valence electrons. The average Bonchev–Trinajstić information content (AvgIpc) is 3.26. The molecule has 3 N–H and O–H groups in total. The highest BCUT2D eigenvalue weighted by molar-refractivity contribution is 14.0. The Morgan fingerprint density at radius 2 is 2.04 bits per heavy atom. The number of benzene rings is 2. The molecular formula is C17H19ClIN3O. The van der Waals surface area contributed by atoms with E-state index in [-0.39, 0.29) is 30.0 Å².